The van der Waals surface area contributed by atoms with Crippen molar-refractivity contribution in [3.05, 3.63) is 22.7 Å². The second kappa shape index (κ2) is 6.18. The monoisotopic (exact) mass is 321 g/mol. The number of hydrogen-bond donors (Lipinski definition) is 1. The van der Waals surface area contributed by atoms with E-state index in [0.717, 1.165) is 11.4 Å². The number of benzene rings is 1. The third-order valence-corrected chi connectivity index (χ3v) is 4.06. The van der Waals surface area contributed by atoms with Crippen LogP contribution in [0.3, 0.4) is 0 Å². The first-order valence-electron chi connectivity index (χ1n) is 6.82. The zero-order chi connectivity index (χ0) is 15.5. The smallest absolute Gasteiger partial charge is 0.257 e. The highest BCUT2D eigenvalue weighted by molar-refractivity contribution is 7.15. The molecule has 1 aliphatic rings. The Hall–Kier alpha value is -2.35. The van der Waals surface area contributed by atoms with Gasteiger partial charge in [0.25, 0.3) is 5.91 Å². The minimum Gasteiger partial charge on any atom is -0.493 e. The summed E-state index contributed by atoms with van der Waals surface area (Å²) in [4.78, 5) is 12.3. The summed E-state index contributed by atoms with van der Waals surface area (Å²) in [6, 6.07) is 3.25. The summed E-state index contributed by atoms with van der Waals surface area (Å²) >= 11 is 1.35. The number of carbonyl (C=O) groups is 1. The average molecular weight is 321 g/mol. The van der Waals surface area contributed by atoms with Gasteiger partial charge >= 0.3 is 0 Å². The zero-order valence-corrected chi connectivity index (χ0v) is 13.0. The number of ether oxygens (including phenoxy) is 3. The molecule has 3 rings (SSSR count). The fourth-order valence-corrected chi connectivity index (χ4v) is 2.70. The van der Waals surface area contributed by atoms with Gasteiger partial charge in [0, 0.05) is 5.56 Å². The summed E-state index contributed by atoms with van der Waals surface area (Å²) in [6.45, 7) is 2.88. The molecule has 8 heteroatoms. The zero-order valence-electron chi connectivity index (χ0n) is 12.2. The topological polar surface area (TPSA) is 82.6 Å². The van der Waals surface area contributed by atoms with Gasteiger partial charge < -0.3 is 14.2 Å². The van der Waals surface area contributed by atoms with Crippen molar-refractivity contribution in [3.8, 4) is 17.2 Å². The third-order valence-electron chi connectivity index (χ3n) is 3.08. The van der Waals surface area contributed by atoms with Crippen molar-refractivity contribution in [3.63, 3.8) is 0 Å². The van der Waals surface area contributed by atoms with Gasteiger partial charge in [0.15, 0.2) is 11.5 Å². The molecule has 0 unspecified atom stereocenters. The van der Waals surface area contributed by atoms with Crippen LogP contribution < -0.4 is 19.5 Å². The van der Waals surface area contributed by atoms with Crippen LogP contribution in [0.25, 0.3) is 0 Å². The maximum Gasteiger partial charge on any atom is 0.257 e. The van der Waals surface area contributed by atoms with Crippen LogP contribution >= 0.6 is 11.3 Å². The highest BCUT2D eigenvalue weighted by Crippen LogP contribution is 2.40. The normalized spacial score (nSPS) is 12.8. The quantitative estimate of drug-likeness (QED) is 0.929. The minimum atomic E-state index is -0.297. The lowest BCUT2D eigenvalue weighted by atomic mass is 10.1. The number of rotatable bonds is 4. The molecule has 0 fully saturated rings. The Morgan fingerprint density at radius 1 is 1.36 bits per heavy atom. The van der Waals surface area contributed by atoms with Crippen LogP contribution in [0.1, 0.15) is 22.3 Å². The largest absolute Gasteiger partial charge is 0.493 e. The number of anilines is 1. The predicted octanol–water partition coefficient (Wildman–Crippen LogP) is 2.13. The van der Waals surface area contributed by atoms with Gasteiger partial charge in [0.05, 0.1) is 7.11 Å². The molecule has 2 aromatic rings. The lowest BCUT2D eigenvalue weighted by Gasteiger charge is -2.21. The Morgan fingerprint density at radius 2 is 2.18 bits per heavy atom. The molecular formula is C14H15N3O4S. The van der Waals surface area contributed by atoms with Gasteiger partial charge in [-0.25, -0.2) is 0 Å². The van der Waals surface area contributed by atoms with Crippen LogP contribution in [0.5, 0.6) is 17.2 Å². The molecule has 2 heterocycles. The molecule has 0 bridgehead atoms. The van der Waals surface area contributed by atoms with Crippen LogP contribution in [0.15, 0.2) is 12.1 Å². The van der Waals surface area contributed by atoms with E-state index in [-0.39, 0.29) is 5.91 Å². The summed E-state index contributed by atoms with van der Waals surface area (Å²) in [6.07, 6.45) is 0.783. The van der Waals surface area contributed by atoms with Gasteiger partial charge in [0.1, 0.15) is 18.2 Å². The van der Waals surface area contributed by atoms with Crippen molar-refractivity contribution in [2.24, 2.45) is 0 Å². The number of aryl methyl sites for hydroxylation is 1. The molecular weight excluding hydrogens is 306 g/mol. The predicted molar refractivity (Wildman–Crippen MR) is 81.2 cm³/mol. The van der Waals surface area contributed by atoms with Gasteiger partial charge in [-0.3, -0.25) is 10.1 Å². The Morgan fingerprint density at radius 3 is 2.91 bits per heavy atom. The number of amides is 1. The molecule has 1 amide bonds. The number of carbonyl (C=O) groups excluding carboxylic acids is 1. The molecule has 1 N–H and O–H groups in total. The Bertz CT molecular complexity index is 684. The highest BCUT2D eigenvalue weighted by Gasteiger charge is 2.21. The molecule has 0 spiro atoms. The SMILES string of the molecule is CCc1nnc(NC(=O)c2cc(OC)c3c(c2)OCCO3)s1. The van der Waals surface area contributed by atoms with E-state index in [4.69, 9.17) is 14.2 Å². The van der Waals surface area contributed by atoms with Crippen LogP contribution in [-0.2, 0) is 6.42 Å². The fourth-order valence-electron chi connectivity index (χ4n) is 2.02. The molecule has 1 aromatic heterocycles. The van der Waals surface area contributed by atoms with E-state index in [1.165, 1.54) is 18.4 Å². The van der Waals surface area contributed by atoms with E-state index in [2.05, 4.69) is 15.5 Å². The number of nitrogens with one attached hydrogen (secondary N) is 1. The van der Waals surface area contributed by atoms with Crippen LogP contribution in [0.2, 0.25) is 0 Å². The number of nitrogens with zero attached hydrogens (tertiary/aromatic N) is 2. The van der Waals surface area contributed by atoms with E-state index in [0.29, 0.717) is 41.2 Å². The maximum atomic E-state index is 12.3. The standard InChI is InChI=1S/C14H15N3O4S/c1-3-11-16-17-14(22-11)15-13(18)8-6-9(19-2)12-10(7-8)20-4-5-21-12/h6-7H,3-5H2,1-2H3,(H,15,17,18). The van der Waals surface area contributed by atoms with E-state index in [9.17, 15) is 4.79 Å². The number of methoxy groups -OCH3 is 1. The summed E-state index contributed by atoms with van der Waals surface area (Å²) in [5.74, 6) is 1.19. The summed E-state index contributed by atoms with van der Waals surface area (Å²) in [5, 5.41) is 12.0. The summed E-state index contributed by atoms with van der Waals surface area (Å²) < 4.78 is 16.3. The molecule has 0 atom stereocenters. The average Bonchev–Trinajstić information content (AvgIpc) is 3.01. The van der Waals surface area contributed by atoms with Gasteiger partial charge in [-0.15, -0.1) is 10.2 Å². The van der Waals surface area contributed by atoms with Crippen molar-refractivity contribution in [1.29, 1.82) is 0 Å². The van der Waals surface area contributed by atoms with Crippen LogP contribution in [-0.4, -0.2) is 36.4 Å². The van der Waals surface area contributed by atoms with E-state index in [1.54, 1.807) is 12.1 Å². The molecule has 1 aliphatic heterocycles. The molecule has 22 heavy (non-hydrogen) atoms. The summed E-state index contributed by atoms with van der Waals surface area (Å²) in [7, 11) is 1.52. The molecule has 7 nitrogen and oxygen atoms in total. The third kappa shape index (κ3) is 2.82. The Labute approximate surface area is 131 Å². The lowest BCUT2D eigenvalue weighted by molar-refractivity contribution is 0.102. The lowest BCUT2D eigenvalue weighted by Crippen LogP contribution is -2.18. The van der Waals surface area contributed by atoms with Crippen LogP contribution in [0.4, 0.5) is 5.13 Å². The van der Waals surface area contributed by atoms with Crippen molar-refractivity contribution in [1.82, 2.24) is 10.2 Å². The number of fused-ring (bicyclic) bond motifs is 1. The van der Waals surface area contributed by atoms with Crippen LogP contribution in [0, 0.1) is 0 Å². The fraction of sp³-hybridized carbons (Fsp3) is 0.357. The van der Waals surface area contributed by atoms with Gasteiger partial charge in [-0.2, -0.15) is 0 Å². The maximum absolute atomic E-state index is 12.3. The molecule has 1 aromatic carbocycles. The highest BCUT2D eigenvalue weighted by atomic mass is 32.1. The molecule has 0 saturated carbocycles. The van der Waals surface area contributed by atoms with Crippen molar-refractivity contribution in [2.75, 3.05) is 25.6 Å². The van der Waals surface area contributed by atoms with E-state index < -0.39 is 0 Å². The van der Waals surface area contributed by atoms with Gasteiger partial charge in [-0.05, 0) is 18.6 Å². The van der Waals surface area contributed by atoms with E-state index >= 15 is 0 Å². The molecule has 0 saturated heterocycles. The first-order chi connectivity index (χ1) is 10.7. The first-order valence-corrected chi connectivity index (χ1v) is 7.64. The minimum absolute atomic E-state index is 0.297. The van der Waals surface area contributed by atoms with Crippen molar-refractivity contribution < 1.29 is 19.0 Å². The second-order valence-electron chi connectivity index (χ2n) is 4.51. The summed E-state index contributed by atoms with van der Waals surface area (Å²) in [5.41, 5.74) is 0.411. The Kier molecular flexibility index (Phi) is 4.10. The Balaban J connectivity index is 1.85. The molecule has 0 aliphatic carbocycles. The van der Waals surface area contributed by atoms with E-state index in [1.807, 2.05) is 6.92 Å². The van der Waals surface area contributed by atoms with Gasteiger partial charge in [-0.1, -0.05) is 18.3 Å². The molecule has 0 radical (unpaired) electrons. The van der Waals surface area contributed by atoms with Crippen molar-refractivity contribution in [2.45, 2.75) is 13.3 Å². The number of hydrogen-bond acceptors (Lipinski definition) is 7. The second-order valence-corrected chi connectivity index (χ2v) is 5.57. The van der Waals surface area contributed by atoms with Gasteiger partial charge in [0.2, 0.25) is 10.9 Å². The van der Waals surface area contributed by atoms with Crippen molar-refractivity contribution >= 4 is 22.4 Å². The first kappa shape index (κ1) is 14.6. The molecule has 116 valence electrons. The number of aromatic nitrogens is 2.